The van der Waals surface area contributed by atoms with Crippen molar-refractivity contribution in [2.75, 3.05) is 26.0 Å². The third-order valence-corrected chi connectivity index (χ3v) is 8.52. The first-order valence-electron chi connectivity index (χ1n) is 14.0. The van der Waals surface area contributed by atoms with E-state index in [2.05, 4.69) is 39.6 Å². The molecular formula is C33H35N3O4S. The van der Waals surface area contributed by atoms with Gasteiger partial charge in [-0.15, -0.1) is 0 Å². The molecule has 0 spiro atoms. The van der Waals surface area contributed by atoms with E-state index in [0.29, 0.717) is 30.4 Å². The van der Waals surface area contributed by atoms with E-state index < -0.39 is 11.4 Å². The highest BCUT2D eigenvalue weighted by Crippen LogP contribution is 2.51. The van der Waals surface area contributed by atoms with Gasteiger partial charge in [-0.25, -0.2) is 9.78 Å². The van der Waals surface area contributed by atoms with E-state index in [4.69, 9.17) is 9.47 Å². The van der Waals surface area contributed by atoms with Crippen LogP contribution in [0, 0.1) is 0 Å². The highest BCUT2D eigenvalue weighted by Gasteiger charge is 2.48. The molecule has 0 bridgehead atoms. The predicted octanol–water partition coefficient (Wildman–Crippen LogP) is 6.18. The number of rotatable bonds is 13. The summed E-state index contributed by atoms with van der Waals surface area (Å²) in [7, 11) is 1.66. The molecule has 212 valence electrons. The number of aromatic nitrogens is 2. The average molecular weight is 570 g/mol. The normalized spacial score (nSPS) is 12.8. The number of unbranched alkanes of at least 4 members (excludes halogenated alkanes) is 1. The highest BCUT2D eigenvalue weighted by atomic mass is 32.2. The molecule has 3 aromatic carbocycles. The van der Waals surface area contributed by atoms with Gasteiger partial charge in [-0.3, -0.25) is 4.79 Å². The van der Waals surface area contributed by atoms with Gasteiger partial charge in [0.25, 0.3) is 0 Å². The standard InChI is InChI=1S/C33H35N3O4S/c1-3-40-30(37)29-22-35-32(36-29)41-21-9-8-19-33(31(38)34-20-18-23-14-16-24(39-2)17-15-23)27-12-6-4-10-25(27)26-11-5-7-13-28(26)33/h4-7,10-17,22H,3,8-9,18-21H2,1-2H3,(H,34,38)(H,35,36). The van der Waals surface area contributed by atoms with Crippen LogP contribution in [0.1, 0.15) is 53.4 Å². The van der Waals surface area contributed by atoms with Gasteiger partial charge in [0.15, 0.2) is 5.16 Å². The highest BCUT2D eigenvalue weighted by molar-refractivity contribution is 7.99. The van der Waals surface area contributed by atoms with Crippen LogP contribution in [0.25, 0.3) is 11.1 Å². The Kier molecular flexibility index (Phi) is 9.09. The minimum atomic E-state index is -0.750. The van der Waals surface area contributed by atoms with E-state index in [1.807, 2.05) is 48.5 Å². The Labute approximate surface area is 245 Å². The van der Waals surface area contributed by atoms with E-state index in [9.17, 15) is 9.59 Å². The monoisotopic (exact) mass is 569 g/mol. The van der Waals surface area contributed by atoms with Crippen molar-refractivity contribution in [3.05, 3.63) is 101 Å². The fraction of sp³-hybridized carbons (Fsp3) is 0.303. The van der Waals surface area contributed by atoms with Gasteiger partial charge in [0.2, 0.25) is 5.91 Å². The lowest BCUT2D eigenvalue weighted by molar-refractivity contribution is -0.125. The number of ether oxygens (including phenoxy) is 2. The number of esters is 1. The Morgan fingerprint density at radius 3 is 2.29 bits per heavy atom. The lowest BCUT2D eigenvalue weighted by atomic mass is 9.73. The first-order chi connectivity index (χ1) is 20.1. The van der Waals surface area contributed by atoms with Gasteiger partial charge >= 0.3 is 5.97 Å². The second-order valence-electron chi connectivity index (χ2n) is 9.98. The van der Waals surface area contributed by atoms with Crippen molar-refractivity contribution in [2.24, 2.45) is 0 Å². The number of amides is 1. The molecule has 0 radical (unpaired) electrons. The molecule has 1 aliphatic rings. The number of fused-ring (bicyclic) bond motifs is 3. The van der Waals surface area contributed by atoms with Crippen LogP contribution in [-0.4, -0.2) is 47.9 Å². The van der Waals surface area contributed by atoms with Crippen molar-refractivity contribution in [1.82, 2.24) is 15.3 Å². The number of hydrogen-bond donors (Lipinski definition) is 2. The quantitative estimate of drug-likeness (QED) is 0.113. The molecule has 0 saturated heterocycles. The maximum Gasteiger partial charge on any atom is 0.356 e. The zero-order chi connectivity index (χ0) is 28.7. The Morgan fingerprint density at radius 2 is 1.63 bits per heavy atom. The molecule has 0 saturated carbocycles. The SMILES string of the molecule is CCOC(=O)c1cnc(SCCCCC2(C(=O)NCCc3ccc(OC)cc3)c3ccccc3-c3ccccc32)[nH]1. The number of hydrogen-bond acceptors (Lipinski definition) is 6. The van der Waals surface area contributed by atoms with Gasteiger partial charge in [-0.2, -0.15) is 0 Å². The molecular weight excluding hydrogens is 534 g/mol. The van der Waals surface area contributed by atoms with Gasteiger partial charge in [-0.1, -0.05) is 78.8 Å². The molecule has 1 aromatic heterocycles. The molecule has 0 fully saturated rings. The number of carbonyl (C=O) groups excluding carboxylic acids is 2. The minimum absolute atomic E-state index is 0.0428. The van der Waals surface area contributed by atoms with Crippen molar-refractivity contribution in [1.29, 1.82) is 0 Å². The molecule has 41 heavy (non-hydrogen) atoms. The molecule has 2 N–H and O–H groups in total. The summed E-state index contributed by atoms with van der Waals surface area (Å²) in [5.41, 5.74) is 5.16. The number of thioether (sulfide) groups is 1. The molecule has 1 amide bonds. The number of carbonyl (C=O) groups is 2. The summed E-state index contributed by atoms with van der Waals surface area (Å²) in [5, 5.41) is 3.97. The van der Waals surface area contributed by atoms with Crippen LogP contribution in [0.5, 0.6) is 5.75 Å². The van der Waals surface area contributed by atoms with Crippen LogP contribution in [0.2, 0.25) is 0 Å². The number of methoxy groups -OCH3 is 1. The molecule has 4 aromatic rings. The van der Waals surface area contributed by atoms with Crippen LogP contribution >= 0.6 is 11.8 Å². The summed E-state index contributed by atoms with van der Waals surface area (Å²) in [6.07, 6.45) is 4.70. The minimum Gasteiger partial charge on any atom is -0.497 e. The maximum absolute atomic E-state index is 14.2. The predicted molar refractivity (Wildman–Crippen MR) is 161 cm³/mol. The Balaban J connectivity index is 1.29. The van der Waals surface area contributed by atoms with Gasteiger partial charge in [-0.05, 0) is 66.1 Å². The number of aromatic amines is 1. The second kappa shape index (κ2) is 13.1. The van der Waals surface area contributed by atoms with Gasteiger partial charge in [0, 0.05) is 12.3 Å². The van der Waals surface area contributed by atoms with E-state index >= 15 is 0 Å². The summed E-state index contributed by atoms with van der Waals surface area (Å²) in [6.45, 7) is 2.65. The van der Waals surface area contributed by atoms with Crippen LogP contribution in [-0.2, 0) is 21.4 Å². The van der Waals surface area contributed by atoms with E-state index in [1.54, 1.807) is 25.8 Å². The molecule has 7 nitrogen and oxygen atoms in total. The van der Waals surface area contributed by atoms with E-state index in [-0.39, 0.29) is 5.91 Å². The molecule has 5 rings (SSSR count). The van der Waals surface area contributed by atoms with E-state index in [1.165, 1.54) is 6.20 Å². The fourth-order valence-electron chi connectivity index (χ4n) is 5.57. The largest absolute Gasteiger partial charge is 0.497 e. The zero-order valence-corrected chi connectivity index (χ0v) is 24.3. The van der Waals surface area contributed by atoms with Gasteiger partial charge in [0.1, 0.15) is 16.9 Å². The Bertz CT molecular complexity index is 1450. The lowest BCUT2D eigenvalue weighted by Gasteiger charge is -2.31. The smallest absolute Gasteiger partial charge is 0.356 e. The first kappa shape index (κ1) is 28.5. The Morgan fingerprint density at radius 1 is 0.951 bits per heavy atom. The summed E-state index contributed by atoms with van der Waals surface area (Å²) in [6, 6.07) is 24.5. The van der Waals surface area contributed by atoms with Crippen LogP contribution in [0.15, 0.2) is 84.1 Å². The van der Waals surface area contributed by atoms with Gasteiger partial charge in [0.05, 0.1) is 19.9 Å². The summed E-state index contributed by atoms with van der Waals surface area (Å²) in [5.74, 6) is 1.28. The number of H-pyrrole nitrogens is 1. The van der Waals surface area contributed by atoms with Crippen molar-refractivity contribution in [3.8, 4) is 16.9 Å². The third-order valence-electron chi connectivity index (χ3n) is 7.54. The average Bonchev–Trinajstić information content (AvgIpc) is 3.59. The van der Waals surface area contributed by atoms with Crippen LogP contribution in [0.4, 0.5) is 0 Å². The maximum atomic E-state index is 14.2. The summed E-state index contributed by atoms with van der Waals surface area (Å²) < 4.78 is 10.3. The first-order valence-corrected chi connectivity index (χ1v) is 15.0. The molecule has 1 aliphatic carbocycles. The molecule has 0 atom stereocenters. The van der Waals surface area contributed by atoms with E-state index in [0.717, 1.165) is 58.6 Å². The molecule has 8 heteroatoms. The van der Waals surface area contributed by atoms with Crippen LogP contribution in [0.3, 0.4) is 0 Å². The van der Waals surface area contributed by atoms with Crippen molar-refractivity contribution < 1.29 is 19.1 Å². The third kappa shape index (κ3) is 6.03. The van der Waals surface area contributed by atoms with Crippen molar-refractivity contribution in [3.63, 3.8) is 0 Å². The molecule has 0 unspecified atom stereocenters. The second-order valence-corrected chi connectivity index (χ2v) is 11.1. The van der Waals surface area contributed by atoms with Crippen LogP contribution < -0.4 is 10.1 Å². The Hall–Kier alpha value is -4.04. The topological polar surface area (TPSA) is 93.3 Å². The lowest BCUT2D eigenvalue weighted by Crippen LogP contribution is -2.45. The number of benzene rings is 3. The summed E-state index contributed by atoms with van der Waals surface area (Å²) in [4.78, 5) is 33.4. The number of imidazole rings is 1. The molecule has 0 aliphatic heterocycles. The van der Waals surface area contributed by atoms with Gasteiger partial charge < -0.3 is 19.8 Å². The number of nitrogens with one attached hydrogen (secondary N) is 2. The van der Waals surface area contributed by atoms with Crippen molar-refractivity contribution >= 4 is 23.6 Å². The number of nitrogens with zero attached hydrogens (tertiary/aromatic N) is 1. The fourth-order valence-corrected chi connectivity index (χ4v) is 6.42. The van der Waals surface area contributed by atoms with Crippen molar-refractivity contribution in [2.45, 2.75) is 43.2 Å². The zero-order valence-electron chi connectivity index (χ0n) is 23.4. The molecule has 1 heterocycles. The summed E-state index contributed by atoms with van der Waals surface area (Å²) >= 11 is 1.57.